The molecular formula is C30H41N3O4. The van der Waals surface area contributed by atoms with Crippen LogP contribution in [0.15, 0.2) is 51.7 Å². The topological polar surface area (TPSA) is 69.4 Å². The fourth-order valence-electron chi connectivity index (χ4n) is 5.12. The number of hydrogen-bond donors (Lipinski definition) is 1. The number of methoxy groups -OCH3 is 1. The van der Waals surface area contributed by atoms with Gasteiger partial charge in [-0.3, -0.25) is 4.79 Å². The highest BCUT2D eigenvalue weighted by molar-refractivity contribution is 5.86. The molecular weight excluding hydrogens is 466 g/mol. The van der Waals surface area contributed by atoms with Crippen LogP contribution >= 0.6 is 0 Å². The molecule has 1 saturated heterocycles. The lowest BCUT2D eigenvalue weighted by Crippen LogP contribution is -2.32. The van der Waals surface area contributed by atoms with Crippen molar-refractivity contribution in [3.05, 3.63) is 52.7 Å². The second-order valence-electron chi connectivity index (χ2n) is 10.2. The Morgan fingerprint density at radius 3 is 2.38 bits per heavy atom. The Bertz CT molecular complexity index is 1200. The van der Waals surface area contributed by atoms with Crippen molar-refractivity contribution in [1.82, 2.24) is 9.80 Å². The Morgan fingerprint density at radius 2 is 1.65 bits per heavy atom. The van der Waals surface area contributed by atoms with Crippen LogP contribution in [-0.2, 0) is 0 Å². The molecule has 0 saturated carbocycles. The van der Waals surface area contributed by atoms with Crippen LogP contribution in [0.25, 0.3) is 22.3 Å². The molecule has 1 aliphatic rings. The van der Waals surface area contributed by atoms with Gasteiger partial charge in [-0.2, -0.15) is 0 Å². The molecule has 1 fully saturated rings. The van der Waals surface area contributed by atoms with E-state index in [0.717, 1.165) is 30.8 Å². The minimum Gasteiger partial charge on any atom is -0.504 e. The van der Waals surface area contributed by atoms with E-state index >= 15 is 0 Å². The molecule has 7 heteroatoms. The van der Waals surface area contributed by atoms with Gasteiger partial charge in [0.15, 0.2) is 16.8 Å². The van der Waals surface area contributed by atoms with Gasteiger partial charge in [0.05, 0.1) is 12.5 Å². The minimum absolute atomic E-state index is 0.0593. The van der Waals surface area contributed by atoms with Crippen LogP contribution in [0.4, 0.5) is 5.69 Å². The molecule has 1 N–H and O–H groups in total. The van der Waals surface area contributed by atoms with Gasteiger partial charge in [-0.1, -0.05) is 6.42 Å². The Morgan fingerprint density at radius 1 is 0.946 bits per heavy atom. The summed E-state index contributed by atoms with van der Waals surface area (Å²) in [5.74, 6) is 0.551. The number of aromatic hydroxyl groups is 1. The molecule has 37 heavy (non-hydrogen) atoms. The second kappa shape index (κ2) is 13.0. The Labute approximate surface area is 220 Å². The molecule has 4 rings (SSSR count). The van der Waals surface area contributed by atoms with Gasteiger partial charge in [0.1, 0.15) is 5.76 Å². The summed E-state index contributed by atoms with van der Waals surface area (Å²) < 4.78 is 11.3. The molecule has 0 unspecified atom stereocenters. The van der Waals surface area contributed by atoms with E-state index < -0.39 is 0 Å². The van der Waals surface area contributed by atoms with Crippen LogP contribution in [0.1, 0.15) is 38.5 Å². The molecule has 2 aromatic carbocycles. The summed E-state index contributed by atoms with van der Waals surface area (Å²) in [5, 5.41) is 10.4. The number of unbranched alkanes of at least 4 members (excludes halogenated alkanes) is 1. The van der Waals surface area contributed by atoms with E-state index in [-0.39, 0.29) is 22.5 Å². The second-order valence-corrected chi connectivity index (χ2v) is 10.2. The van der Waals surface area contributed by atoms with Crippen molar-refractivity contribution in [2.45, 2.75) is 38.5 Å². The number of piperidine rings is 1. The first-order chi connectivity index (χ1) is 18.0. The molecule has 3 aromatic rings. The Balaban J connectivity index is 1.26. The minimum atomic E-state index is -0.174. The number of anilines is 1. The zero-order valence-electron chi connectivity index (χ0n) is 22.5. The molecule has 1 aromatic heterocycles. The third-order valence-corrected chi connectivity index (χ3v) is 7.37. The Hall–Kier alpha value is -3.03. The number of ether oxygens (including phenoxy) is 1. The number of rotatable bonds is 12. The van der Waals surface area contributed by atoms with Crippen molar-refractivity contribution in [2.75, 3.05) is 65.4 Å². The van der Waals surface area contributed by atoms with Crippen LogP contribution in [0.5, 0.6) is 11.5 Å². The van der Waals surface area contributed by atoms with Gasteiger partial charge in [0.25, 0.3) is 0 Å². The SMILES string of the molecule is COc1c(O)ccc2c(=O)cc(-c3ccc(N(C)CCCCN(C)CCCN4CCCCC4)cc3)oc12. The summed E-state index contributed by atoms with van der Waals surface area (Å²) in [4.78, 5) is 20.0. The fourth-order valence-corrected chi connectivity index (χ4v) is 5.12. The maximum absolute atomic E-state index is 12.6. The van der Waals surface area contributed by atoms with E-state index in [9.17, 15) is 9.90 Å². The fraction of sp³-hybridized carbons (Fsp3) is 0.500. The van der Waals surface area contributed by atoms with Crippen molar-refractivity contribution < 1.29 is 14.3 Å². The van der Waals surface area contributed by atoms with Gasteiger partial charge in [-0.25, -0.2) is 0 Å². The third-order valence-electron chi connectivity index (χ3n) is 7.37. The lowest BCUT2D eigenvalue weighted by Gasteiger charge is -2.27. The molecule has 0 radical (unpaired) electrons. The predicted octanol–water partition coefficient (Wildman–Crippen LogP) is 5.20. The molecule has 1 aliphatic heterocycles. The molecule has 7 nitrogen and oxygen atoms in total. The molecule has 2 heterocycles. The number of likely N-dealkylation sites (tertiary alicyclic amines) is 1. The zero-order valence-corrected chi connectivity index (χ0v) is 22.5. The van der Waals surface area contributed by atoms with E-state index in [0.29, 0.717) is 11.1 Å². The summed E-state index contributed by atoms with van der Waals surface area (Å²) in [5.41, 5.74) is 2.00. The number of benzene rings is 2. The molecule has 0 amide bonds. The van der Waals surface area contributed by atoms with E-state index in [2.05, 4.69) is 28.8 Å². The van der Waals surface area contributed by atoms with Crippen molar-refractivity contribution in [2.24, 2.45) is 0 Å². The maximum Gasteiger partial charge on any atom is 0.204 e. The van der Waals surface area contributed by atoms with E-state index in [4.69, 9.17) is 9.15 Å². The number of hydrogen-bond acceptors (Lipinski definition) is 7. The van der Waals surface area contributed by atoms with Crippen molar-refractivity contribution >= 4 is 16.7 Å². The zero-order chi connectivity index (χ0) is 26.2. The normalized spacial score (nSPS) is 14.4. The van der Waals surface area contributed by atoms with Crippen molar-refractivity contribution in [3.63, 3.8) is 0 Å². The molecule has 0 spiro atoms. The van der Waals surface area contributed by atoms with Gasteiger partial charge in [-0.15, -0.1) is 0 Å². The smallest absolute Gasteiger partial charge is 0.204 e. The summed E-state index contributed by atoms with van der Waals surface area (Å²) >= 11 is 0. The summed E-state index contributed by atoms with van der Waals surface area (Å²) in [7, 11) is 5.79. The molecule has 0 aliphatic carbocycles. The van der Waals surface area contributed by atoms with Crippen LogP contribution in [0, 0.1) is 0 Å². The third kappa shape index (κ3) is 7.05. The predicted molar refractivity (Wildman–Crippen MR) is 151 cm³/mol. The summed E-state index contributed by atoms with van der Waals surface area (Å²) in [6.07, 6.45) is 7.71. The van der Waals surface area contributed by atoms with Gasteiger partial charge in [-0.05, 0) is 108 Å². The monoisotopic (exact) mass is 507 g/mol. The lowest BCUT2D eigenvalue weighted by atomic mass is 10.1. The van der Waals surface area contributed by atoms with Gasteiger partial charge in [0.2, 0.25) is 5.75 Å². The van der Waals surface area contributed by atoms with Gasteiger partial charge < -0.3 is 29.0 Å². The van der Waals surface area contributed by atoms with Crippen molar-refractivity contribution in [1.29, 1.82) is 0 Å². The average Bonchev–Trinajstić information content (AvgIpc) is 2.91. The first-order valence-corrected chi connectivity index (χ1v) is 13.5. The largest absolute Gasteiger partial charge is 0.504 e. The number of fused-ring (bicyclic) bond motifs is 1. The molecule has 200 valence electrons. The van der Waals surface area contributed by atoms with Crippen LogP contribution < -0.4 is 15.1 Å². The van der Waals surface area contributed by atoms with Crippen molar-refractivity contribution in [3.8, 4) is 22.8 Å². The molecule has 0 atom stereocenters. The Kier molecular flexibility index (Phi) is 9.47. The van der Waals surface area contributed by atoms with Gasteiger partial charge in [0, 0.05) is 30.9 Å². The highest BCUT2D eigenvalue weighted by atomic mass is 16.5. The number of phenols is 1. The highest BCUT2D eigenvalue weighted by Crippen LogP contribution is 2.35. The van der Waals surface area contributed by atoms with E-state index in [1.807, 2.05) is 24.3 Å². The van der Waals surface area contributed by atoms with Crippen LogP contribution in [0.3, 0.4) is 0 Å². The van der Waals surface area contributed by atoms with Crippen LogP contribution in [-0.4, -0.2) is 75.4 Å². The number of phenolic OH excluding ortho intramolecular Hbond substituents is 1. The summed E-state index contributed by atoms with van der Waals surface area (Å²) in [6.45, 7) is 7.10. The first kappa shape index (κ1) is 27.0. The van der Waals surface area contributed by atoms with E-state index in [1.54, 1.807) is 6.07 Å². The van der Waals surface area contributed by atoms with Gasteiger partial charge >= 0.3 is 0 Å². The quantitative estimate of drug-likeness (QED) is 0.338. The first-order valence-electron chi connectivity index (χ1n) is 13.5. The molecule has 0 bridgehead atoms. The average molecular weight is 508 g/mol. The standard InChI is InChI=1S/C30H41N3O4/c1-31(17-9-21-33-19-5-4-6-20-33)16-7-8-18-32(2)24-12-10-23(11-13-24)28-22-27(35)25-14-15-26(34)30(36-3)29(25)37-28/h10-15,22,34H,4-9,16-21H2,1-3H3. The number of nitrogens with zero attached hydrogens (tertiary/aromatic N) is 3. The van der Waals surface area contributed by atoms with E-state index in [1.165, 1.54) is 77.5 Å². The highest BCUT2D eigenvalue weighted by Gasteiger charge is 2.15. The summed E-state index contributed by atoms with van der Waals surface area (Å²) in [6, 6.07) is 12.5. The van der Waals surface area contributed by atoms with Crippen LogP contribution in [0.2, 0.25) is 0 Å². The lowest BCUT2D eigenvalue weighted by molar-refractivity contribution is 0.211. The maximum atomic E-state index is 12.6.